The van der Waals surface area contributed by atoms with Crippen LogP contribution in [0.1, 0.15) is 120 Å². The normalized spacial score (nSPS) is 13.6. The van der Waals surface area contributed by atoms with E-state index < -0.39 is 0 Å². The van der Waals surface area contributed by atoms with Crippen molar-refractivity contribution in [1.82, 2.24) is 9.38 Å². The first-order valence-electron chi connectivity index (χ1n) is 12.7. The molecular weight excluding hydrogens is 396 g/mol. The van der Waals surface area contributed by atoms with E-state index in [1.807, 2.05) is 6.20 Å². The number of rotatable bonds is 15. The molecule has 2 aromatic heterocycles. The second kappa shape index (κ2) is 13.1. The Kier molecular flexibility index (Phi) is 10.1. The Bertz CT molecular complexity index is 861. The molecule has 3 rings (SSSR count). The lowest BCUT2D eigenvalue weighted by atomic mass is 9.91. The molecule has 1 aromatic carbocycles. The molecule has 170 valence electrons. The minimum atomic E-state index is 0.587. The van der Waals surface area contributed by atoms with Crippen LogP contribution in [-0.4, -0.2) is 9.38 Å². The number of benzene rings is 1. The molecule has 0 fully saturated rings. The van der Waals surface area contributed by atoms with Gasteiger partial charge in [-0.15, -0.1) is 11.3 Å². The molecular formula is C28H42N2S. The third-order valence-electron chi connectivity index (χ3n) is 6.82. The number of aromatic nitrogens is 2. The third-order valence-corrected chi connectivity index (χ3v) is 7.69. The lowest BCUT2D eigenvalue weighted by Crippen LogP contribution is -2.00. The molecule has 0 aliphatic carbocycles. The summed E-state index contributed by atoms with van der Waals surface area (Å²) in [6.45, 7) is 7.03. The highest BCUT2D eigenvalue weighted by Crippen LogP contribution is 2.29. The fourth-order valence-corrected chi connectivity index (χ4v) is 5.59. The van der Waals surface area contributed by atoms with Crippen molar-refractivity contribution in [3.8, 4) is 0 Å². The Balaban J connectivity index is 1.32. The van der Waals surface area contributed by atoms with Crippen molar-refractivity contribution in [2.24, 2.45) is 0 Å². The molecule has 0 aliphatic heterocycles. The predicted octanol–water partition coefficient (Wildman–Crippen LogP) is 9.16. The van der Waals surface area contributed by atoms with Gasteiger partial charge in [0, 0.05) is 23.5 Å². The molecule has 0 N–H and O–H groups in total. The van der Waals surface area contributed by atoms with E-state index in [1.165, 1.54) is 93.9 Å². The first-order chi connectivity index (χ1) is 15.2. The highest BCUT2D eigenvalue weighted by atomic mass is 32.1. The SMILES string of the molecule is CCCCCCCCCCc1ccc(C(C)CCCC(C)c2csc3nccn23)cc1. The van der Waals surface area contributed by atoms with Crippen molar-refractivity contribution in [3.05, 3.63) is 58.9 Å². The van der Waals surface area contributed by atoms with Crippen molar-refractivity contribution in [3.63, 3.8) is 0 Å². The van der Waals surface area contributed by atoms with Crippen molar-refractivity contribution in [2.45, 2.75) is 110 Å². The van der Waals surface area contributed by atoms with Crippen LogP contribution in [0.4, 0.5) is 0 Å². The van der Waals surface area contributed by atoms with Crippen molar-refractivity contribution < 1.29 is 0 Å². The topological polar surface area (TPSA) is 17.3 Å². The van der Waals surface area contributed by atoms with Crippen LogP contribution in [0.3, 0.4) is 0 Å². The van der Waals surface area contributed by atoms with Crippen LogP contribution in [0.25, 0.3) is 4.96 Å². The molecule has 0 spiro atoms. The van der Waals surface area contributed by atoms with Gasteiger partial charge in [-0.1, -0.05) is 96.4 Å². The van der Waals surface area contributed by atoms with Crippen molar-refractivity contribution in [1.29, 1.82) is 0 Å². The molecule has 0 saturated carbocycles. The molecule has 0 amide bonds. The average Bonchev–Trinajstić information content (AvgIpc) is 3.40. The number of aryl methyl sites for hydroxylation is 1. The minimum absolute atomic E-state index is 0.587. The van der Waals surface area contributed by atoms with Gasteiger partial charge in [0.05, 0.1) is 0 Å². The lowest BCUT2D eigenvalue weighted by molar-refractivity contribution is 0.553. The van der Waals surface area contributed by atoms with Crippen LogP contribution < -0.4 is 0 Å². The number of nitrogens with zero attached hydrogens (tertiary/aromatic N) is 2. The van der Waals surface area contributed by atoms with Gasteiger partial charge in [0.15, 0.2) is 4.96 Å². The molecule has 3 heteroatoms. The molecule has 0 saturated heterocycles. The Morgan fingerprint density at radius 1 is 0.839 bits per heavy atom. The zero-order valence-electron chi connectivity index (χ0n) is 20.0. The van der Waals surface area contributed by atoms with E-state index in [4.69, 9.17) is 0 Å². The van der Waals surface area contributed by atoms with Gasteiger partial charge in [-0.05, 0) is 48.6 Å². The van der Waals surface area contributed by atoms with Crippen molar-refractivity contribution >= 4 is 16.3 Å². The Hall–Kier alpha value is -1.61. The van der Waals surface area contributed by atoms with Crippen LogP contribution in [0, 0.1) is 0 Å². The standard InChI is InChI=1S/C28H42N2S/c1-4-5-6-7-8-9-10-11-15-25-16-18-26(19-17-25)23(2)13-12-14-24(3)27-22-31-28-29-20-21-30(27)28/h16-24H,4-15H2,1-3H3. The molecule has 2 unspecified atom stereocenters. The number of hydrogen-bond donors (Lipinski definition) is 0. The smallest absolute Gasteiger partial charge is 0.193 e. The van der Waals surface area contributed by atoms with E-state index in [2.05, 4.69) is 66.0 Å². The molecule has 2 nitrogen and oxygen atoms in total. The molecule has 3 aromatic rings. The first kappa shape index (κ1) is 24.0. The summed E-state index contributed by atoms with van der Waals surface area (Å²) in [5.41, 5.74) is 4.42. The summed E-state index contributed by atoms with van der Waals surface area (Å²) < 4.78 is 2.25. The second-order valence-corrected chi connectivity index (χ2v) is 10.3. The molecule has 2 heterocycles. The van der Waals surface area contributed by atoms with Crippen LogP contribution >= 0.6 is 11.3 Å². The summed E-state index contributed by atoms with van der Waals surface area (Å²) in [5, 5.41) is 2.28. The lowest BCUT2D eigenvalue weighted by Gasteiger charge is -2.15. The Morgan fingerprint density at radius 3 is 2.26 bits per heavy atom. The van der Waals surface area contributed by atoms with E-state index in [0.717, 1.165) is 4.96 Å². The van der Waals surface area contributed by atoms with Gasteiger partial charge in [-0.25, -0.2) is 4.98 Å². The molecule has 0 radical (unpaired) electrons. The summed E-state index contributed by atoms with van der Waals surface area (Å²) >= 11 is 1.75. The Labute approximate surface area is 194 Å². The van der Waals surface area contributed by atoms with Gasteiger partial charge < -0.3 is 0 Å². The maximum Gasteiger partial charge on any atom is 0.193 e. The van der Waals surface area contributed by atoms with Crippen LogP contribution in [0.15, 0.2) is 42.0 Å². The minimum Gasteiger partial charge on any atom is -0.294 e. The first-order valence-corrected chi connectivity index (χ1v) is 13.6. The number of thiazole rings is 1. The highest BCUT2D eigenvalue weighted by Gasteiger charge is 2.13. The van der Waals surface area contributed by atoms with E-state index in [1.54, 1.807) is 11.3 Å². The summed E-state index contributed by atoms with van der Waals surface area (Å²) in [5.74, 6) is 1.23. The zero-order valence-corrected chi connectivity index (χ0v) is 20.8. The van der Waals surface area contributed by atoms with Gasteiger partial charge in [0.25, 0.3) is 0 Å². The van der Waals surface area contributed by atoms with Gasteiger partial charge >= 0.3 is 0 Å². The fourth-order valence-electron chi connectivity index (χ4n) is 4.62. The number of hydrogen-bond acceptors (Lipinski definition) is 2. The summed E-state index contributed by atoms with van der Waals surface area (Å²) in [6.07, 6.45) is 20.2. The third kappa shape index (κ3) is 7.49. The number of imidazole rings is 1. The van der Waals surface area contributed by atoms with Gasteiger partial charge in [-0.2, -0.15) is 0 Å². The largest absolute Gasteiger partial charge is 0.294 e. The van der Waals surface area contributed by atoms with E-state index in [-0.39, 0.29) is 0 Å². The highest BCUT2D eigenvalue weighted by molar-refractivity contribution is 7.15. The second-order valence-electron chi connectivity index (χ2n) is 9.44. The molecule has 2 atom stereocenters. The zero-order chi connectivity index (χ0) is 21.9. The molecule has 31 heavy (non-hydrogen) atoms. The van der Waals surface area contributed by atoms with Crippen LogP contribution in [-0.2, 0) is 6.42 Å². The summed E-state index contributed by atoms with van der Waals surface area (Å²) in [4.78, 5) is 5.51. The van der Waals surface area contributed by atoms with Crippen LogP contribution in [0.5, 0.6) is 0 Å². The van der Waals surface area contributed by atoms with Gasteiger partial charge in [-0.3, -0.25) is 4.40 Å². The van der Waals surface area contributed by atoms with E-state index in [0.29, 0.717) is 11.8 Å². The van der Waals surface area contributed by atoms with Gasteiger partial charge in [0.2, 0.25) is 0 Å². The fraction of sp³-hybridized carbons (Fsp3) is 0.607. The quantitative estimate of drug-likeness (QED) is 0.216. The average molecular weight is 439 g/mol. The maximum absolute atomic E-state index is 4.40. The Morgan fingerprint density at radius 2 is 1.52 bits per heavy atom. The molecule has 0 aliphatic rings. The number of unbranched alkanes of at least 4 members (excludes halogenated alkanes) is 7. The van der Waals surface area contributed by atoms with Gasteiger partial charge in [0.1, 0.15) is 0 Å². The maximum atomic E-state index is 4.40. The predicted molar refractivity (Wildman–Crippen MR) is 137 cm³/mol. The van der Waals surface area contributed by atoms with E-state index >= 15 is 0 Å². The molecule has 0 bridgehead atoms. The monoisotopic (exact) mass is 438 g/mol. The number of fused-ring (bicyclic) bond motifs is 1. The van der Waals surface area contributed by atoms with Crippen molar-refractivity contribution in [2.75, 3.05) is 0 Å². The summed E-state index contributed by atoms with van der Waals surface area (Å²) in [7, 11) is 0. The van der Waals surface area contributed by atoms with Crippen LogP contribution in [0.2, 0.25) is 0 Å². The summed E-state index contributed by atoms with van der Waals surface area (Å²) in [6, 6.07) is 9.50. The van der Waals surface area contributed by atoms with E-state index in [9.17, 15) is 0 Å².